The normalized spacial score (nSPS) is 10.7. The number of carbonyl (C=O) groups excluding carboxylic acids is 2. The van der Waals surface area contributed by atoms with Gasteiger partial charge in [0.15, 0.2) is 0 Å². The summed E-state index contributed by atoms with van der Waals surface area (Å²) in [5, 5.41) is 4.10. The zero-order chi connectivity index (χ0) is 16.6. The van der Waals surface area contributed by atoms with E-state index >= 15 is 0 Å². The molecule has 7 heteroatoms. The Hall–Kier alpha value is -2.01. The van der Waals surface area contributed by atoms with Crippen LogP contribution in [-0.4, -0.2) is 16.7 Å². The SMILES string of the molecule is O=C(Nc1cccc(Cl)c1Cl)C(=O)c1c[nH]c2cc(Cl)ccc12. The van der Waals surface area contributed by atoms with Crippen molar-refractivity contribution in [3.63, 3.8) is 0 Å². The maximum atomic E-state index is 12.4. The molecule has 0 unspecified atom stereocenters. The summed E-state index contributed by atoms with van der Waals surface area (Å²) in [5.74, 6) is -1.49. The summed E-state index contributed by atoms with van der Waals surface area (Å²) in [6.07, 6.45) is 1.47. The largest absolute Gasteiger partial charge is 0.360 e. The highest BCUT2D eigenvalue weighted by molar-refractivity contribution is 6.50. The van der Waals surface area contributed by atoms with Crippen LogP contribution >= 0.6 is 34.8 Å². The number of anilines is 1. The van der Waals surface area contributed by atoms with E-state index < -0.39 is 11.7 Å². The third-order valence-electron chi connectivity index (χ3n) is 3.29. The van der Waals surface area contributed by atoms with E-state index in [-0.39, 0.29) is 16.3 Å². The number of Topliss-reactive ketones (excluding diaryl/α,β-unsaturated/α-hetero) is 1. The fraction of sp³-hybridized carbons (Fsp3) is 0. The monoisotopic (exact) mass is 366 g/mol. The summed E-state index contributed by atoms with van der Waals surface area (Å²) in [6, 6.07) is 9.79. The van der Waals surface area contributed by atoms with E-state index in [1.807, 2.05) is 0 Å². The summed E-state index contributed by atoms with van der Waals surface area (Å²) in [5.41, 5.74) is 1.21. The standard InChI is InChI=1S/C16H9Cl3N2O2/c17-8-4-5-9-10(7-20-13(9)6-8)15(22)16(23)21-12-3-1-2-11(18)14(12)19/h1-7,20H,(H,21,23). The molecular formula is C16H9Cl3N2O2. The van der Waals surface area contributed by atoms with Crippen molar-refractivity contribution in [1.82, 2.24) is 4.98 Å². The van der Waals surface area contributed by atoms with Crippen LogP contribution in [0.2, 0.25) is 15.1 Å². The van der Waals surface area contributed by atoms with Crippen molar-refractivity contribution in [2.24, 2.45) is 0 Å². The number of H-pyrrole nitrogens is 1. The minimum Gasteiger partial charge on any atom is -0.360 e. The molecule has 0 aliphatic rings. The van der Waals surface area contributed by atoms with Crippen LogP contribution in [0.1, 0.15) is 10.4 Å². The molecule has 0 spiro atoms. The molecule has 3 aromatic rings. The summed E-state index contributed by atoms with van der Waals surface area (Å²) >= 11 is 17.8. The quantitative estimate of drug-likeness (QED) is 0.508. The molecule has 0 saturated carbocycles. The van der Waals surface area contributed by atoms with Gasteiger partial charge in [-0.05, 0) is 24.3 Å². The molecule has 1 aromatic heterocycles. The predicted octanol–water partition coefficient (Wildman–Crippen LogP) is 4.95. The minimum absolute atomic E-state index is 0.182. The Morgan fingerprint density at radius 1 is 1.04 bits per heavy atom. The van der Waals surface area contributed by atoms with Crippen molar-refractivity contribution in [1.29, 1.82) is 0 Å². The molecule has 0 aliphatic heterocycles. The zero-order valence-electron chi connectivity index (χ0n) is 11.5. The lowest BCUT2D eigenvalue weighted by Crippen LogP contribution is -2.22. The van der Waals surface area contributed by atoms with Crippen LogP contribution in [-0.2, 0) is 4.79 Å². The molecular weight excluding hydrogens is 359 g/mol. The van der Waals surface area contributed by atoms with E-state index in [2.05, 4.69) is 10.3 Å². The fourth-order valence-corrected chi connectivity index (χ4v) is 2.71. The molecule has 0 atom stereocenters. The van der Waals surface area contributed by atoms with E-state index in [1.165, 1.54) is 6.20 Å². The van der Waals surface area contributed by atoms with Crippen LogP contribution in [0.4, 0.5) is 5.69 Å². The summed E-state index contributed by atoms with van der Waals surface area (Å²) in [6.45, 7) is 0. The summed E-state index contributed by atoms with van der Waals surface area (Å²) in [4.78, 5) is 27.5. The first-order valence-corrected chi connectivity index (χ1v) is 7.67. The van der Waals surface area contributed by atoms with Crippen molar-refractivity contribution in [3.8, 4) is 0 Å². The molecule has 2 N–H and O–H groups in total. The van der Waals surface area contributed by atoms with Gasteiger partial charge in [-0.3, -0.25) is 9.59 Å². The van der Waals surface area contributed by atoms with Crippen molar-refractivity contribution in [2.45, 2.75) is 0 Å². The van der Waals surface area contributed by atoms with Gasteiger partial charge in [0.2, 0.25) is 0 Å². The number of rotatable bonds is 3. The molecule has 0 bridgehead atoms. The number of fused-ring (bicyclic) bond motifs is 1. The molecule has 0 fully saturated rings. The summed E-state index contributed by atoms with van der Waals surface area (Å²) < 4.78 is 0. The Morgan fingerprint density at radius 3 is 2.61 bits per heavy atom. The Labute approximate surface area is 146 Å². The highest BCUT2D eigenvalue weighted by Crippen LogP contribution is 2.30. The number of aromatic nitrogens is 1. The number of aromatic amines is 1. The van der Waals surface area contributed by atoms with Gasteiger partial charge in [-0.1, -0.05) is 46.9 Å². The van der Waals surface area contributed by atoms with Crippen LogP contribution < -0.4 is 5.32 Å². The maximum absolute atomic E-state index is 12.4. The number of nitrogens with one attached hydrogen (secondary N) is 2. The fourth-order valence-electron chi connectivity index (χ4n) is 2.19. The van der Waals surface area contributed by atoms with Crippen LogP contribution in [0.25, 0.3) is 10.9 Å². The number of carbonyl (C=O) groups is 2. The highest BCUT2D eigenvalue weighted by Gasteiger charge is 2.21. The van der Waals surface area contributed by atoms with Crippen molar-refractivity contribution in [3.05, 3.63) is 63.2 Å². The van der Waals surface area contributed by atoms with Gasteiger partial charge in [-0.15, -0.1) is 0 Å². The predicted molar refractivity (Wildman–Crippen MR) is 92.7 cm³/mol. The second-order valence-corrected chi connectivity index (χ2v) is 6.00. The molecule has 4 nitrogen and oxygen atoms in total. The molecule has 3 rings (SSSR count). The molecule has 116 valence electrons. The van der Waals surface area contributed by atoms with Crippen molar-refractivity contribution < 1.29 is 9.59 Å². The number of halogens is 3. The van der Waals surface area contributed by atoms with E-state index in [0.29, 0.717) is 20.9 Å². The second-order valence-electron chi connectivity index (χ2n) is 4.78. The minimum atomic E-state index is -0.801. The van der Waals surface area contributed by atoms with Gasteiger partial charge in [0, 0.05) is 22.1 Å². The van der Waals surface area contributed by atoms with Crippen LogP contribution in [0.15, 0.2) is 42.6 Å². The number of hydrogen-bond donors (Lipinski definition) is 2. The Morgan fingerprint density at radius 2 is 1.83 bits per heavy atom. The maximum Gasteiger partial charge on any atom is 0.296 e. The van der Waals surface area contributed by atoms with Crippen LogP contribution in [0.5, 0.6) is 0 Å². The Balaban J connectivity index is 1.90. The van der Waals surface area contributed by atoms with Crippen LogP contribution in [0.3, 0.4) is 0 Å². The third-order valence-corrected chi connectivity index (χ3v) is 4.35. The zero-order valence-corrected chi connectivity index (χ0v) is 13.8. The number of hydrogen-bond acceptors (Lipinski definition) is 2. The first-order valence-electron chi connectivity index (χ1n) is 6.53. The van der Waals surface area contributed by atoms with E-state index in [4.69, 9.17) is 34.8 Å². The smallest absolute Gasteiger partial charge is 0.296 e. The lowest BCUT2D eigenvalue weighted by Gasteiger charge is -2.07. The molecule has 1 heterocycles. The van der Waals surface area contributed by atoms with Crippen LogP contribution in [0, 0.1) is 0 Å². The molecule has 23 heavy (non-hydrogen) atoms. The van der Waals surface area contributed by atoms with Gasteiger partial charge in [-0.25, -0.2) is 0 Å². The van der Waals surface area contributed by atoms with E-state index in [9.17, 15) is 9.59 Å². The number of ketones is 1. The van der Waals surface area contributed by atoms with Gasteiger partial charge in [0.25, 0.3) is 11.7 Å². The topological polar surface area (TPSA) is 62.0 Å². The number of amides is 1. The Bertz CT molecular complexity index is 934. The van der Waals surface area contributed by atoms with Crippen molar-refractivity contribution >= 4 is 63.1 Å². The molecule has 0 radical (unpaired) electrons. The van der Waals surface area contributed by atoms with Gasteiger partial charge >= 0.3 is 0 Å². The first kappa shape index (κ1) is 15.9. The van der Waals surface area contributed by atoms with Gasteiger partial charge in [0.05, 0.1) is 21.3 Å². The van der Waals surface area contributed by atoms with Gasteiger partial charge in [-0.2, -0.15) is 0 Å². The molecule has 2 aromatic carbocycles. The first-order chi connectivity index (χ1) is 11.0. The lowest BCUT2D eigenvalue weighted by molar-refractivity contribution is -0.112. The highest BCUT2D eigenvalue weighted by atomic mass is 35.5. The average Bonchev–Trinajstić information content (AvgIpc) is 2.93. The molecule has 0 saturated heterocycles. The van der Waals surface area contributed by atoms with Gasteiger partial charge < -0.3 is 10.3 Å². The second kappa shape index (κ2) is 6.24. The number of benzene rings is 2. The molecule has 1 amide bonds. The van der Waals surface area contributed by atoms with Gasteiger partial charge in [0.1, 0.15) is 0 Å². The summed E-state index contributed by atoms with van der Waals surface area (Å²) in [7, 11) is 0. The van der Waals surface area contributed by atoms with E-state index in [1.54, 1.807) is 36.4 Å². The van der Waals surface area contributed by atoms with Crippen molar-refractivity contribution in [2.75, 3.05) is 5.32 Å². The Kier molecular flexibility index (Phi) is 4.31. The van der Waals surface area contributed by atoms with E-state index in [0.717, 1.165) is 0 Å². The molecule has 0 aliphatic carbocycles. The average molecular weight is 368 g/mol. The third kappa shape index (κ3) is 3.06. The lowest BCUT2D eigenvalue weighted by atomic mass is 10.1.